The minimum Gasteiger partial charge on any atom is -0.493 e. The highest BCUT2D eigenvalue weighted by Crippen LogP contribution is 2.40. The van der Waals surface area contributed by atoms with Crippen LogP contribution in [-0.2, 0) is 12.0 Å². The van der Waals surface area contributed by atoms with Gasteiger partial charge in [-0.15, -0.1) is 0 Å². The van der Waals surface area contributed by atoms with Crippen molar-refractivity contribution in [1.82, 2.24) is 10.2 Å². The van der Waals surface area contributed by atoms with Gasteiger partial charge < -0.3 is 25.0 Å². The van der Waals surface area contributed by atoms with Crippen LogP contribution in [0.5, 0.6) is 11.5 Å². The first-order valence-electron chi connectivity index (χ1n) is 11.6. The lowest BCUT2D eigenvalue weighted by atomic mass is 9.84. The number of carbonyl (C=O) groups excluding carboxylic acids is 2. The van der Waals surface area contributed by atoms with Gasteiger partial charge in [-0.3, -0.25) is 15.0 Å². The number of rotatable bonds is 6. The molecule has 0 saturated heterocycles. The number of carbonyl (C=O) groups is 2. The second kappa shape index (κ2) is 9.00. The van der Waals surface area contributed by atoms with Gasteiger partial charge in [-0.1, -0.05) is 20.8 Å². The SMILES string of the molecule is CCOc1cc2c(cc1C(=O)NC)C(=N)N(CC(=O)c1cc3c(c(C(C)(C)C)c1)OCCN3)C2. The number of nitrogens with one attached hydrogen (secondary N) is 3. The van der Waals surface area contributed by atoms with Crippen LogP contribution in [0.2, 0.25) is 0 Å². The van der Waals surface area contributed by atoms with Crippen molar-refractivity contribution in [3.63, 3.8) is 0 Å². The van der Waals surface area contributed by atoms with Gasteiger partial charge in [-0.25, -0.2) is 0 Å². The maximum absolute atomic E-state index is 13.4. The fourth-order valence-corrected chi connectivity index (χ4v) is 4.39. The van der Waals surface area contributed by atoms with Gasteiger partial charge in [0.15, 0.2) is 5.78 Å². The molecule has 0 saturated carbocycles. The molecular weight excluding hydrogens is 432 g/mol. The van der Waals surface area contributed by atoms with Gasteiger partial charge in [0, 0.05) is 36.8 Å². The number of hydrogen-bond acceptors (Lipinski definition) is 6. The summed E-state index contributed by atoms with van der Waals surface area (Å²) in [6.45, 7) is 10.3. The molecule has 2 heterocycles. The van der Waals surface area contributed by atoms with Crippen LogP contribution in [0.15, 0.2) is 24.3 Å². The fraction of sp³-hybridized carbons (Fsp3) is 0.423. The Bertz CT molecular complexity index is 1170. The Morgan fingerprint density at radius 1 is 1.24 bits per heavy atom. The van der Waals surface area contributed by atoms with E-state index in [1.807, 2.05) is 19.1 Å². The van der Waals surface area contributed by atoms with E-state index in [0.29, 0.717) is 48.7 Å². The van der Waals surface area contributed by atoms with E-state index in [9.17, 15) is 9.59 Å². The van der Waals surface area contributed by atoms with Crippen molar-refractivity contribution in [2.75, 3.05) is 38.7 Å². The summed E-state index contributed by atoms with van der Waals surface area (Å²) < 4.78 is 11.6. The van der Waals surface area contributed by atoms with Crippen LogP contribution in [-0.4, -0.2) is 55.8 Å². The standard InChI is InChI=1S/C26H32N4O4/c1-6-33-22-11-16-13-30(24(27)17(16)12-18(22)25(32)28-5)14-21(31)15-9-19(26(2,3)4)23-20(10-15)29-7-8-34-23/h9-12,27,29H,6-8,13-14H2,1-5H3,(H,28,32). The Morgan fingerprint density at radius 2 is 2.00 bits per heavy atom. The van der Waals surface area contributed by atoms with Crippen LogP contribution in [0.25, 0.3) is 0 Å². The molecule has 4 rings (SSSR count). The van der Waals surface area contributed by atoms with Crippen LogP contribution in [0, 0.1) is 5.41 Å². The number of anilines is 1. The van der Waals surface area contributed by atoms with E-state index in [4.69, 9.17) is 14.9 Å². The van der Waals surface area contributed by atoms with Crippen molar-refractivity contribution in [3.05, 3.63) is 52.1 Å². The topological polar surface area (TPSA) is 104 Å². The Kier molecular flexibility index (Phi) is 6.25. The van der Waals surface area contributed by atoms with Crippen molar-refractivity contribution >= 4 is 23.2 Å². The molecule has 2 aliphatic heterocycles. The van der Waals surface area contributed by atoms with E-state index in [-0.39, 0.29) is 29.5 Å². The minimum absolute atomic E-state index is 0.0655. The van der Waals surface area contributed by atoms with Crippen molar-refractivity contribution in [2.45, 2.75) is 39.7 Å². The predicted molar refractivity (Wildman–Crippen MR) is 132 cm³/mol. The summed E-state index contributed by atoms with van der Waals surface area (Å²) >= 11 is 0. The Hall–Kier alpha value is -3.55. The largest absolute Gasteiger partial charge is 0.493 e. The second-order valence-electron chi connectivity index (χ2n) is 9.57. The Morgan fingerprint density at radius 3 is 2.68 bits per heavy atom. The van der Waals surface area contributed by atoms with E-state index in [1.165, 1.54) is 0 Å². The smallest absolute Gasteiger partial charge is 0.254 e. The molecule has 0 fully saturated rings. The van der Waals surface area contributed by atoms with Crippen molar-refractivity contribution in [2.24, 2.45) is 0 Å². The molecular formula is C26H32N4O4. The summed E-state index contributed by atoms with van der Waals surface area (Å²) in [7, 11) is 1.56. The number of nitrogens with zero attached hydrogens (tertiary/aromatic N) is 1. The quantitative estimate of drug-likeness (QED) is 0.565. The summed E-state index contributed by atoms with van der Waals surface area (Å²) in [4.78, 5) is 27.4. The number of Topliss-reactive ketones (excluding diaryl/α,β-unsaturated/α-hetero) is 1. The van der Waals surface area contributed by atoms with Gasteiger partial charge in [0.2, 0.25) is 0 Å². The van der Waals surface area contributed by atoms with Gasteiger partial charge in [0.05, 0.1) is 24.4 Å². The van der Waals surface area contributed by atoms with E-state index >= 15 is 0 Å². The molecule has 2 aromatic rings. The van der Waals surface area contributed by atoms with Crippen LogP contribution in [0.1, 0.15) is 65.1 Å². The molecule has 0 bridgehead atoms. The summed E-state index contributed by atoms with van der Waals surface area (Å²) in [6, 6.07) is 7.25. The van der Waals surface area contributed by atoms with Crippen LogP contribution in [0.4, 0.5) is 5.69 Å². The molecule has 8 heteroatoms. The van der Waals surface area contributed by atoms with E-state index in [0.717, 1.165) is 22.6 Å². The summed E-state index contributed by atoms with van der Waals surface area (Å²) in [6.07, 6.45) is 0. The highest BCUT2D eigenvalue weighted by atomic mass is 16.5. The Labute approximate surface area is 200 Å². The first kappa shape index (κ1) is 23.6. The number of amides is 1. The number of amidine groups is 1. The monoisotopic (exact) mass is 464 g/mol. The molecule has 34 heavy (non-hydrogen) atoms. The average molecular weight is 465 g/mol. The highest BCUT2D eigenvalue weighted by molar-refractivity contribution is 6.08. The van der Waals surface area contributed by atoms with Crippen LogP contribution < -0.4 is 20.1 Å². The third kappa shape index (κ3) is 4.32. The molecule has 3 N–H and O–H groups in total. The normalized spacial score (nSPS) is 14.6. The van der Waals surface area contributed by atoms with Gasteiger partial charge in [0.1, 0.15) is 23.9 Å². The first-order chi connectivity index (χ1) is 16.1. The first-order valence-corrected chi connectivity index (χ1v) is 11.6. The summed E-state index contributed by atoms with van der Waals surface area (Å²) in [5.74, 6) is 1.17. The third-order valence-corrected chi connectivity index (χ3v) is 6.13. The van der Waals surface area contributed by atoms with Gasteiger partial charge in [-0.2, -0.15) is 0 Å². The molecule has 0 spiro atoms. The Balaban J connectivity index is 1.61. The lowest BCUT2D eigenvalue weighted by molar-refractivity contribution is 0.0953. The lowest BCUT2D eigenvalue weighted by Gasteiger charge is -2.29. The zero-order chi connectivity index (χ0) is 24.6. The fourth-order valence-electron chi connectivity index (χ4n) is 4.39. The highest BCUT2D eigenvalue weighted by Gasteiger charge is 2.31. The second-order valence-corrected chi connectivity index (χ2v) is 9.57. The molecule has 0 aromatic heterocycles. The van der Waals surface area contributed by atoms with Crippen molar-refractivity contribution < 1.29 is 19.1 Å². The molecule has 180 valence electrons. The number of ether oxygens (including phenoxy) is 2. The van der Waals surface area contributed by atoms with E-state index in [1.54, 1.807) is 24.1 Å². The average Bonchev–Trinajstić information content (AvgIpc) is 3.10. The number of fused-ring (bicyclic) bond motifs is 2. The maximum Gasteiger partial charge on any atom is 0.254 e. The van der Waals surface area contributed by atoms with E-state index in [2.05, 4.69) is 31.4 Å². The zero-order valence-electron chi connectivity index (χ0n) is 20.4. The van der Waals surface area contributed by atoms with Crippen molar-refractivity contribution in [1.29, 1.82) is 5.41 Å². The van der Waals surface area contributed by atoms with Gasteiger partial charge in [-0.05, 0) is 42.2 Å². The van der Waals surface area contributed by atoms with Gasteiger partial charge in [0.25, 0.3) is 5.91 Å². The molecule has 0 radical (unpaired) electrons. The maximum atomic E-state index is 13.4. The number of benzene rings is 2. The van der Waals surface area contributed by atoms with E-state index < -0.39 is 0 Å². The molecule has 0 unspecified atom stereocenters. The molecule has 1 amide bonds. The zero-order valence-corrected chi connectivity index (χ0v) is 20.4. The van der Waals surface area contributed by atoms with Gasteiger partial charge >= 0.3 is 0 Å². The molecule has 2 aromatic carbocycles. The summed E-state index contributed by atoms with van der Waals surface area (Å²) in [5.41, 5.74) is 4.11. The summed E-state index contributed by atoms with van der Waals surface area (Å²) in [5, 5.41) is 14.6. The van der Waals surface area contributed by atoms with Crippen LogP contribution >= 0.6 is 0 Å². The minimum atomic E-state index is -0.271. The number of hydrogen-bond donors (Lipinski definition) is 3. The van der Waals surface area contributed by atoms with Crippen molar-refractivity contribution in [3.8, 4) is 11.5 Å². The molecule has 0 atom stereocenters. The molecule has 0 aliphatic carbocycles. The molecule has 2 aliphatic rings. The third-order valence-electron chi connectivity index (χ3n) is 6.13. The van der Waals surface area contributed by atoms with Crippen LogP contribution in [0.3, 0.4) is 0 Å². The predicted octanol–water partition coefficient (Wildman–Crippen LogP) is 3.57. The lowest BCUT2D eigenvalue weighted by Crippen LogP contribution is -2.31. The molecule has 8 nitrogen and oxygen atoms in total. The number of ketones is 1.